The molecule has 0 fully saturated rings. The molecule has 1 aromatic heterocycles. The molecular weight excluding hydrogens is 274 g/mol. The van der Waals surface area contributed by atoms with Crippen LogP contribution < -0.4 is 0 Å². The van der Waals surface area contributed by atoms with Crippen molar-refractivity contribution < 1.29 is 9.53 Å². The van der Waals surface area contributed by atoms with Gasteiger partial charge in [-0.2, -0.15) is 0 Å². The molecule has 2 aromatic rings. The molecule has 0 aliphatic rings. The molecule has 2 rings (SSSR count). The standard InChI is InChI=1S/C19H23NO2/c1-3-18(16-10-5-4-6-11-16)19(21)22-14-8-13-17-12-7-9-15(2)20-17/h4-7,9-12,18H,3,8,13-14H2,1-2H3. The predicted molar refractivity (Wildman–Crippen MR) is 87.7 cm³/mol. The van der Waals surface area contributed by atoms with E-state index in [1.54, 1.807) is 0 Å². The number of aromatic nitrogens is 1. The van der Waals surface area contributed by atoms with Crippen molar-refractivity contribution in [1.82, 2.24) is 4.98 Å². The molecule has 0 aliphatic heterocycles. The van der Waals surface area contributed by atoms with E-state index in [9.17, 15) is 4.79 Å². The van der Waals surface area contributed by atoms with Crippen LogP contribution in [0.25, 0.3) is 0 Å². The molecule has 22 heavy (non-hydrogen) atoms. The Bertz CT molecular complexity index is 595. The number of rotatable bonds is 7. The maximum absolute atomic E-state index is 12.2. The zero-order chi connectivity index (χ0) is 15.8. The number of pyridine rings is 1. The lowest BCUT2D eigenvalue weighted by Crippen LogP contribution is -2.16. The summed E-state index contributed by atoms with van der Waals surface area (Å²) in [5, 5.41) is 0. The van der Waals surface area contributed by atoms with Gasteiger partial charge in [-0.25, -0.2) is 0 Å². The molecule has 116 valence electrons. The third-order valence-corrected chi connectivity index (χ3v) is 3.66. The Morgan fingerprint density at radius 3 is 2.59 bits per heavy atom. The first kappa shape index (κ1) is 16.2. The average molecular weight is 297 g/mol. The molecule has 3 heteroatoms. The Morgan fingerprint density at radius 1 is 1.14 bits per heavy atom. The van der Waals surface area contributed by atoms with Gasteiger partial charge in [0, 0.05) is 11.4 Å². The van der Waals surface area contributed by atoms with Gasteiger partial charge in [-0.15, -0.1) is 0 Å². The number of carbonyl (C=O) groups is 1. The first-order valence-corrected chi connectivity index (χ1v) is 7.85. The summed E-state index contributed by atoms with van der Waals surface area (Å²) >= 11 is 0. The lowest BCUT2D eigenvalue weighted by molar-refractivity contribution is -0.145. The fourth-order valence-corrected chi connectivity index (χ4v) is 2.49. The van der Waals surface area contributed by atoms with Crippen LogP contribution in [0.15, 0.2) is 48.5 Å². The fraction of sp³-hybridized carbons (Fsp3) is 0.368. The van der Waals surface area contributed by atoms with Gasteiger partial charge in [0.2, 0.25) is 0 Å². The molecule has 0 spiro atoms. The third-order valence-electron chi connectivity index (χ3n) is 3.66. The minimum atomic E-state index is -0.168. The van der Waals surface area contributed by atoms with Gasteiger partial charge < -0.3 is 4.74 Å². The van der Waals surface area contributed by atoms with Crippen LogP contribution in [0.4, 0.5) is 0 Å². The van der Waals surface area contributed by atoms with Gasteiger partial charge in [0.25, 0.3) is 0 Å². The number of carbonyl (C=O) groups excluding carboxylic acids is 1. The van der Waals surface area contributed by atoms with E-state index in [2.05, 4.69) is 4.98 Å². The molecule has 0 bridgehead atoms. The molecule has 0 N–H and O–H groups in total. The SMILES string of the molecule is CCC(C(=O)OCCCc1cccc(C)n1)c1ccccc1. The van der Waals surface area contributed by atoms with Gasteiger partial charge in [-0.05, 0) is 43.9 Å². The van der Waals surface area contributed by atoms with Crippen LogP contribution in [0.3, 0.4) is 0 Å². The molecule has 0 amide bonds. The summed E-state index contributed by atoms with van der Waals surface area (Å²) in [5.41, 5.74) is 3.09. The average Bonchev–Trinajstić information content (AvgIpc) is 2.53. The summed E-state index contributed by atoms with van der Waals surface area (Å²) < 4.78 is 5.43. The summed E-state index contributed by atoms with van der Waals surface area (Å²) in [6, 6.07) is 15.8. The number of aryl methyl sites for hydroxylation is 2. The van der Waals surface area contributed by atoms with Crippen molar-refractivity contribution >= 4 is 5.97 Å². The summed E-state index contributed by atoms with van der Waals surface area (Å²) in [6.45, 7) is 4.43. The van der Waals surface area contributed by atoms with Crippen molar-refractivity contribution in [2.45, 2.75) is 39.0 Å². The summed E-state index contributed by atoms with van der Waals surface area (Å²) in [7, 11) is 0. The van der Waals surface area contributed by atoms with Gasteiger partial charge in [0.05, 0.1) is 12.5 Å². The molecular formula is C19H23NO2. The van der Waals surface area contributed by atoms with Crippen molar-refractivity contribution in [3.8, 4) is 0 Å². The highest BCUT2D eigenvalue weighted by molar-refractivity contribution is 5.78. The highest BCUT2D eigenvalue weighted by Gasteiger charge is 2.19. The Kier molecular flexibility index (Phi) is 6.13. The van der Waals surface area contributed by atoms with Gasteiger partial charge in [-0.3, -0.25) is 9.78 Å². The van der Waals surface area contributed by atoms with Crippen molar-refractivity contribution in [2.24, 2.45) is 0 Å². The second-order valence-corrected chi connectivity index (χ2v) is 5.41. The molecule has 0 saturated heterocycles. The van der Waals surface area contributed by atoms with E-state index in [0.717, 1.165) is 36.2 Å². The van der Waals surface area contributed by atoms with Crippen LogP contribution in [-0.2, 0) is 16.0 Å². The minimum absolute atomic E-state index is 0.133. The summed E-state index contributed by atoms with van der Waals surface area (Å²) in [6.07, 6.45) is 2.38. The Morgan fingerprint density at radius 2 is 1.91 bits per heavy atom. The number of ether oxygens (including phenoxy) is 1. The van der Waals surface area contributed by atoms with Crippen LogP contribution in [0.2, 0.25) is 0 Å². The smallest absolute Gasteiger partial charge is 0.313 e. The summed E-state index contributed by atoms with van der Waals surface area (Å²) in [5.74, 6) is -0.302. The largest absolute Gasteiger partial charge is 0.465 e. The lowest BCUT2D eigenvalue weighted by Gasteiger charge is -2.14. The highest BCUT2D eigenvalue weighted by Crippen LogP contribution is 2.20. The van der Waals surface area contributed by atoms with Crippen molar-refractivity contribution in [3.63, 3.8) is 0 Å². The quantitative estimate of drug-likeness (QED) is 0.571. The Labute approximate surface area is 132 Å². The Balaban J connectivity index is 1.79. The molecule has 3 nitrogen and oxygen atoms in total. The molecule has 1 aromatic carbocycles. The van der Waals surface area contributed by atoms with Crippen LogP contribution in [0, 0.1) is 6.92 Å². The topological polar surface area (TPSA) is 39.2 Å². The van der Waals surface area contributed by atoms with E-state index in [1.165, 1.54) is 0 Å². The van der Waals surface area contributed by atoms with Gasteiger partial charge in [-0.1, -0.05) is 43.3 Å². The summed E-state index contributed by atoms with van der Waals surface area (Å²) in [4.78, 5) is 16.7. The van der Waals surface area contributed by atoms with Crippen molar-refractivity contribution in [3.05, 3.63) is 65.5 Å². The zero-order valence-corrected chi connectivity index (χ0v) is 13.3. The monoisotopic (exact) mass is 297 g/mol. The van der Waals surface area contributed by atoms with Crippen LogP contribution in [0.1, 0.15) is 42.6 Å². The second kappa shape index (κ2) is 8.32. The molecule has 0 saturated carbocycles. The number of hydrogen-bond acceptors (Lipinski definition) is 3. The fourth-order valence-electron chi connectivity index (χ4n) is 2.49. The van der Waals surface area contributed by atoms with Crippen molar-refractivity contribution in [1.29, 1.82) is 0 Å². The molecule has 0 radical (unpaired) electrons. The van der Waals surface area contributed by atoms with Crippen LogP contribution >= 0.6 is 0 Å². The molecule has 1 heterocycles. The maximum atomic E-state index is 12.2. The number of hydrogen-bond donors (Lipinski definition) is 0. The predicted octanol–water partition coefficient (Wildman–Crippen LogP) is 4.06. The first-order valence-electron chi connectivity index (χ1n) is 7.85. The second-order valence-electron chi connectivity index (χ2n) is 5.41. The minimum Gasteiger partial charge on any atom is -0.465 e. The number of nitrogens with zero attached hydrogens (tertiary/aromatic N) is 1. The molecule has 0 aliphatic carbocycles. The third kappa shape index (κ3) is 4.69. The van der Waals surface area contributed by atoms with Gasteiger partial charge in [0.1, 0.15) is 0 Å². The van der Waals surface area contributed by atoms with Gasteiger partial charge in [0.15, 0.2) is 0 Å². The highest BCUT2D eigenvalue weighted by atomic mass is 16.5. The molecule has 1 atom stereocenters. The van der Waals surface area contributed by atoms with E-state index in [0.29, 0.717) is 6.61 Å². The van der Waals surface area contributed by atoms with Crippen molar-refractivity contribution in [2.75, 3.05) is 6.61 Å². The Hall–Kier alpha value is -2.16. The normalized spacial score (nSPS) is 11.9. The zero-order valence-electron chi connectivity index (χ0n) is 13.3. The lowest BCUT2D eigenvalue weighted by atomic mass is 9.97. The van der Waals surface area contributed by atoms with E-state index in [4.69, 9.17) is 4.74 Å². The van der Waals surface area contributed by atoms with E-state index in [1.807, 2.05) is 62.4 Å². The van der Waals surface area contributed by atoms with Crippen LogP contribution in [0.5, 0.6) is 0 Å². The molecule has 1 unspecified atom stereocenters. The van der Waals surface area contributed by atoms with E-state index < -0.39 is 0 Å². The van der Waals surface area contributed by atoms with Gasteiger partial charge >= 0.3 is 5.97 Å². The maximum Gasteiger partial charge on any atom is 0.313 e. The van der Waals surface area contributed by atoms with Crippen LogP contribution in [-0.4, -0.2) is 17.6 Å². The number of benzene rings is 1. The number of esters is 1. The first-order chi connectivity index (χ1) is 10.7. The van der Waals surface area contributed by atoms with E-state index in [-0.39, 0.29) is 11.9 Å². The van der Waals surface area contributed by atoms with E-state index >= 15 is 0 Å².